The van der Waals surface area contributed by atoms with Gasteiger partial charge in [-0.25, -0.2) is 8.42 Å². The predicted octanol–water partition coefficient (Wildman–Crippen LogP) is 3.29. The lowest BCUT2D eigenvalue weighted by Gasteiger charge is -2.12. The fraction of sp³-hybridized carbons (Fsp3) is 0.211. The highest BCUT2D eigenvalue weighted by molar-refractivity contribution is 9.11. The van der Waals surface area contributed by atoms with Gasteiger partial charge < -0.3 is 14.8 Å². The Balaban J connectivity index is 1.79. The van der Waals surface area contributed by atoms with E-state index in [1.165, 1.54) is 18.2 Å². The molecule has 0 bridgehead atoms. The number of rotatable bonds is 6. The number of benzene rings is 2. The largest absolute Gasteiger partial charge is 0.490 e. The van der Waals surface area contributed by atoms with Gasteiger partial charge in [0.15, 0.2) is 11.5 Å². The normalized spacial score (nSPS) is 13.3. The van der Waals surface area contributed by atoms with Crippen LogP contribution in [0.5, 0.6) is 11.5 Å². The van der Waals surface area contributed by atoms with E-state index in [0.29, 0.717) is 34.8 Å². The molecule has 0 unspecified atom stereocenters. The van der Waals surface area contributed by atoms with Gasteiger partial charge in [0, 0.05) is 34.8 Å². The van der Waals surface area contributed by atoms with E-state index < -0.39 is 10.0 Å². The molecule has 2 aromatic carbocycles. The summed E-state index contributed by atoms with van der Waals surface area (Å²) >= 11 is 3.17. The van der Waals surface area contributed by atoms with E-state index in [2.05, 4.69) is 32.5 Å². The molecule has 0 atom stereocenters. The molecule has 0 spiro atoms. The van der Waals surface area contributed by atoms with Crippen LogP contribution in [0, 0.1) is 0 Å². The van der Waals surface area contributed by atoms with Crippen LogP contribution in [0.1, 0.15) is 16.8 Å². The quantitative estimate of drug-likeness (QED) is 0.680. The average molecular weight is 467 g/mol. The summed E-state index contributed by atoms with van der Waals surface area (Å²) < 4.78 is 39.7. The molecular formula is C19H19BrN2O5S. The Bertz CT molecular complexity index is 1010. The van der Waals surface area contributed by atoms with Crippen LogP contribution in [0.25, 0.3) is 0 Å². The van der Waals surface area contributed by atoms with Crippen LogP contribution in [0.4, 0.5) is 5.69 Å². The number of hydrogen-bond donors (Lipinski definition) is 2. The van der Waals surface area contributed by atoms with E-state index in [1.54, 1.807) is 24.3 Å². The van der Waals surface area contributed by atoms with Gasteiger partial charge in [-0.2, -0.15) is 0 Å². The third-order valence-corrected chi connectivity index (χ3v) is 5.51. The molecule has 2 N–H and O–H groups in total. The Kier molecular flexibility index (Phi) is 6.25. The minimum Gasteiger partial charge on any atom is -0.490 e. The Labute approximate surface area is 171 Å². The first kappa shape index (κ1) is 20.2. The fourth-order valence-corrected chi connectivity index (χ4v) is 3.73. The van der Waals surface area contributed by atoms with Crippen molar-refractivity contribution in [3.05, 3.63) is 59.1 Å². The maximum atomic E-state index is 12.7. The van der Waals surface area contributed by atoms with Gasteiger partial charge in [-0.3, -0.25) is 9.52 Å². The molecule has 0 radical (unpaired) electrons. The molecule has 1 aliphatic heterocycles. The Hall–Kier alpha value is -2.52. The Morgan fingerprint density at radius 3 is 2.61 bits per heavy atom. The summed E-state index contributed by atoms with van der Waals surface area (Å²) in [5, 5.41) is 2.67. The van der Waals surface area contributed by atoms with E-state index >= 15 is 0 Å². The lowest BCUT2D eigenvalue weighted by molar-refractivity contribution is 0.0958. The highest BCUT2D eigenvalue weighted by Crippen LogP contribution is 2.32. The molecule has 0 aromatic heterocycles. The highest BCUT2D eigenvalue weighted by Gasteiger charge is 2.19. The molecule has 0 fully saturated rings. The number of halogens is 1. The zero-order valence-electron chi connectivity index (χ0n) is 14.9. The summed E-state index contributed by atoms with van der Waals surface area (Å²) in [6.45, 7) is 4.90. The summed E-state index contributed by atoms with van der Waals surface area (Å²) in [6.07, 6.45) is 0.728. The second-order valence-electron chi connectivity index (χ2n) is 6.05. The average Bonchev–Trinajstić information content (AvgIpc) is 2.90. The van der Waals surface area contributed by atoms with E-state index in [-0.39, 0.29) is 23.0 Å². The van der Waals surface area contributed by atoms with Crippen molar-refractivity contribution in [1.82, 2.24) is 5.32 Å². The summed E-state index contributed by atoms with van der Waals surface area (Å²) in [6, 6.07) is 10.7. The lowest BCUT2D eigenvalue weighted by Crippen LogP contribution is -2.24. The van der Waals surface area contributed by atoms with E-state index in [1.807, 2.05) is 0 Å². The number of anilines is 1. The maximum absolute atomic E-state index is 12.7. The third-order valence-electron chi connectivity index (χ3n) is 3.85. The van der Waals surface area contributed by atoms with Crippen molar-refractivity contribution in [2.75, 3.05) is 24.5 Å². The SMILES string of the molecule is C=C(Br)CNC(=O)c1cccc(NS(=O)(=O)c2ccc3c(c2)OCCCO3)c1. The van der Waals surface area contributed by atoms with Crippen molar-refractivity contribution in [2.24, 2.45) is 0 Å². The molecule has 148 valence electrons. The van der Waals surface area contributed by atoms with Gasteiger partial charge in [-0.1, -0.05) is 28.6 Å². The number of amides is 1. The molecule has 2 aromatic rings. The maximum Gasteiger partial charge on any atom is 0.262 e. The zero-order valence-corrected chi connectivity index (χ0v) is 17.3. The van der Waals surface area contributed by atoms with Crippen LogP contribution in [0.15, 0.2) is 58.4 Å². The molecular weight excluding hydrogens is 448 g/mol. The first-order chi connectivity index (χ1) is 13.3. The minimum atomic E-state index is -3.87. The molecule has 7 nitrogen and oxygen atoms in total. The summed E-state index contributed by atoms with van der Waals surface area (Å²) in [5.74, 6) is 0.573. The third kappa shape index (κ3) is 5.05. The molecule has 9 heteroatoms. The van der Waals surface area contributed by atoms with Gasteiger partial charge >= 0.3 is 0 Å². The number of carbonyl (C=O) groups excluding carboxylic acids is 1. The Morgan fingerprint density at radius 1 is 1.11 bits per heavy atom. The number of ether oxygens (including phenoxy) is 2. The van der Waals surface area contributed by atoms with Crippen molar-refractivity contribution in [1.29, 1.82) is 0 Å². The van der Waals surface area contributed by atoms with E-state index in [0.717, 1.165) is 6.42 Å². The first-order valence-electron chi connectivity index (χ1n) is 8.49. The van der Waals surface area contributed by atoms with Gasteiger partial charge in [-0.15, -0.1) is 0 Å². The van der Waals surface area contributed by atoms with Gasteiger partial charge in [0.05, 0.1) is 18.1 Å². The summed E-state index contributed by atoms with van der Waals surface area (Å²) in [7, 11) is -3.87. The number of fused-ring (bicyclic) bond motifs is 1. The zero-order chi connectivity index (χ0) is 20.1. The van der Waals surface area contributed by atoms with Crippen molar-refractivity contribution < 1.29 is 22.7 Å². The number of sulfonamides is 1. The van der Waals surface area contributed by atoms with Crippen LogP contribution in [0.3, 0.4) is 0 Å². The van der Waals surface area contributed by atoms with Gasteiger partial charge in [0.2, 0.25) is 0 Å². The summed E-state index contributed by atoms with van der Waals surface area (Å²) in [4.78, 5) is 12.2. The highest BCUT2D eigenvalue weighted by atomic mass is 79.9. The lowest BCUT2D eigenvalue weighted by atomic mass is 10.2. The standard InChI is InChI=1S/C19H19BrN2O5S/c1-13(20)12-21-19(23)14-4-2-5-15(10-14)22-28(24,25)16-6-7-17-18(11-16)27-9-3-8-26-17/h2,4-7,10-11,22H,1,3,8-9,12H2,(H,21,23). The first-order valence-corrected chi connectivity index (χ1v) is 10.8. The number of hydrogen-bond acceptors (Lipinski definition) is 5. The molecule has 0 saturated heterocycles. The number of carbonyl (C=O) groups is 1. The van der Waals surface area contributed by atoms with Crippen LogP contribution in [-0.2, 0) is 10.0 Å². The predicted molar refractivity (Wildman–Crippen MR) is 110 cm³/mol. The minimum absolute atomic E-state index is 0.0437. The summed E-state index contributed by atoms with van der Waals surface area (Å²) in [5.41, 5.74) is 0.602. The number of nitrogens with one attached hydrogen (secondary N) is 2. The molecule has 1 heterocycles. The second kappa shape index (κ2) is 8.66. The Morgan fingerprint density at radius 2 is 1.86 bits per heavy atom. The van der Waals surface area contributed by atoms with Gasteiger partial charge in [0.1, 0.15) is 0 Å². The van der Waals surface area contributed by atoms with Crippen LogP contribution in [-0.4, -0.2) is 34.1 Å². The van der Waals surface area contributed by atoms with Crippen molar-refractivity contribution >= 4 is 37.5 Å². The van der Waals surface area contributed by atoms with Crippen LogP contribution < -0.4 is 19.5 Å². The molecule has 1 amide bonds. The van der Waals surface area contributed by atoms with Crippen molar-refractivity contribution in [3.63, 3.8) is 0 Å². The van der Waals surface area contributed by atoms with Gasteiger partial charge in [-0.05, 0) is 30.3 Å². The van der Waals surface area contributed by atoms with Crippen LogP contribution in [0.2, 0.25) is 0 Å². The molecule has 28 heavy (non-hydrogen) atoms. The molecule has 0 saturated carbocycles. The van der Waals surface area contributed by atoms with Gasteiger partial charge in [0.25, 0.3) is 15.9 Å². The second-order valence-corrected chi connectivity index (χ2v) is 8.85. The van der Waals surface area contributed by atoms with Crippen LogP contribution >= 0.6 is 15.9 Å². The van der Waals surface area contributed by atoms with E-state index in [9.17, 15) is 13.2 Å². The fourth-order valence-electron chi connectivity index (χ4n) is 2.53. The molecule has 0 aliphatic carbocycles. The topological polar surface area (TPSA) is 93.7 Å². The van der Waals surface area contributed by atoms with Crippen molar-refractivity contribution in [3.8, 4) is 11.5 Å². The monoisotopic (exact) mass is 466 g/mol. The van der Waals surface area contributed by atoms with Crippen molar-refractivity contribution in [2.45, 2.75) is 11.3 Å². The molecule has 1 aliphatic rings. The smallest absolute Gasteiger partial charge is 0.262 e. The molecule has 3 rings (SSSR count). The van der Waals surface area contributed by atoms with E-state index in [4.69, 9.17) is 9.47 Å².